The lowest BCUT2D eigenvalue weighted by Crippen LogP contribution is -2.53. The van der Waals surface area contributed by atoms with E-state index in [1.807, 2.05) is 0 Å². The Hall–Kier alpha value is -4.63. The Morgan fingerprint density at radius 2 is 1.44 bits per heavy atom. The highest BCUT2D eigenvalue weighted by Gasteiger charge is 2.45. The quantitative estimate of drug-likeness (QED) is 0.0783. The molecule has 1 atom stereocenters. The molecule has 0 radical (unpaired) electrons. The molecule has 3 aromatic rings. The van der Waals surface area contributed by atoms with Gasteiger partial charge in [-0.15, -0.1) is 0 Å². The van der Waals surface area contributed by atoms with Crippen molar-refractivity contribution >= 4 is 12.0 Å². The van der Waals surface area contributed by atoms with E-state index in [4.69, 9.17) is 9.47 Å². The number of hydrogen-bond donors (Lipinski definition) is 2. The van der Waals surface area contributed by atoms with Crippen LogP contribution >= 0.6 is 0 Å². The van der Waals surface area contributed by atoms with E-state index in [1.54, 1.807) is 24.4 Å². The number of carbonyl (C=O) groups is 2. The molecule has 0 saturated heterocycles. The highest BCUT2D eigenvalue weighted by Crippen LogP contribution is 2.38. The molecule has 50 heavy (non-hydrogen) atoms. The lowest BCUT2D eigenvalue weighted by atomic mass is 9.77. The number of nitrogens with one attached hydrogen (secondary N) is 2. The van der Waals surface area contributed by atoms with E-state index in [0.717, 1.165) is 49.2 Å². The first-order valence-electron chi connectivity index (χ1n) is 15.4. The third kappa shape index (κ3) is 12.4. The summed E-state index contributed by atoms with van der Waals surface area (Å²) in [5, 5.41) is 3.96. The van der Waals surface area contributed by atoms with Crippen LogP contribution in [-0.4, -0.2) is 50.5 Å². The molecule has 0 heterocycles. The first-order valence-corrected chi connectivity index (χ1v) is 15.4. The van der Waals surface area contributed by atoms with Gasteiger partial charge in [0.1, 0.15) is 29.7 Å². The molecule has 0 saturated carbocycles. The number of halogens is 9. The zero-order valence-corrected chi connectivity index (χ0v) is 26.7. The second-order valence-electron chi connectivity index (χ2n) is 11.1. The molecule has 274 valence electrons. The highest BCUT2D eigenvalue weighted by molar-refractivity contribution is 5.76. The highest BCUT2D eigenvalue weighted by atomic mass is 19.4. The average molecular weight is 723 g/mol. The average Bonchev–Trinajstić information content (AvgIpc) is 3.03. The summed E-state index contributed by atoms with van der Waals surface area (Å²) < 4.78 is 136. The fourth-order valence-electron chi connectivity index (χ4n) is 4.94. The van der Waals surface area contributed by atoms with Crippen LogP contribution in [0.4, 0.5) is 44.3 Å². The smallest absolute Gasteiger partial charge is 0.461 e. The summed E-state index contributed by atoms with van der Waals surface area (Å²) in [5.41, 5.74) is -2.21. The molecule has 3 aromatic carbocycles. The first-order chi connectivity index (χ1) is 23.5. The standard InChI is InChI=1S/C34H35F9N2O5/c1-2-48-29(46)7-5-3-4-6-16-49-27-14-8-22(9-15-27)20-32(23-10-12-25(35)13-11-23,45-31(47)44-21-33(39,40)41)24-17-26(36)19-28(18-24)50-34(42,43)30(37)38/h8-15,17-19,30H,2-7,16,20-21H2,1H3,(H2,44,45,47)/t32-/m1/s1. The molecule has 0 unspecified atom stereocenters. The Bertz CT molecular complexity index is 1540. The van der Waals surface area contributed by atoms with Gasteiger partial charge in [-0.05, 0) is 72.9 Å². The number of hydrogen-bond acceptors (Lipinski definition) is 5. The maximum Gasteiger partial charge on any atom is 0.461 e. The van der Waals surface area contributed by atoms with E-state index < -0.39 is 66.2 Å². The maximum absolute atomic E-state index is 14.9. The van der Waals surface area contributed by atoms with Gasteiger partial charge in [0.15, 0.2) is 0 Å². The van der Waals surface area contributed by atoms with Crippen molar-refractivity contribution in [2.75, 3.05) is 19.8 Å². The van der Waals surface area contributed by atoms with Crippen LogP contribution in [0.15, 0.2) is 66.7 Å². The summed E-state index contributed by atoms with van der Waals surface area (Å²) in [4.78, 5) is 24.4. The summed E-state index contributed by atoms with van der Waals surface area (Å²) in [6.07, 6.45) is -11.4. The van der Waals surface area contributed by atoms with E-state index in [2.05, 4.69) is 10.1 Å². The predicted octanol–water partition coefficient (Wildman–Crippen LogP) is 8.44. The van der Waals surface area contributed by atoms with Gasteiger partial charge in [-0.1, -0.05) is 37.1 Å². The van der Waals surface area contributed by atoms with E-state index >= 15 is 0 Å². The molecule has 0 aliphatic carbocycles. The maximum atomic E-state index is 14.9. The van der Waals surface area contributed by atoms with Gasteiger partial charge in [0.25, 0.3) is 0 Å². The van der Waals surface area contributed by atoms with Crippen molar-refractivity contribution in [2.24, 2.45) is 0 Å². The first kappa shape index (κ1) is 39.8. The summed E-state index contributed by atoms with van der Waals surface area (Å²) in [5.74, 6) is -2.97. The van der Waals surface area contributed by atoms with Crippen molar-refractivity contribution in [1.82, 2.24) is 10.6 Å². The molecule has 16 heteroatoms. The van der Waals surface area contributed by atoms with Gasteiger partial charge in [0.05, 0.1) is 18.8 Å². The largest absolute Gasteiger partial charge is 0.494 e. The van der Waals surface area contributed by atoms with Gasteiger partial charge in [-0.2, -0.15) is 30.7 Å². The van der Waals surface area contributed by atoms with Gasteiger partial charge in [-0.3, -0.25) is 4.79 Å². The Morgan fingerprint density at radius 1 is 0.780 bits per heavy atom. The third-order valence-electron chi connectivity index (χ3n) is 7.23. The van der Waals surface area contributed by atoms with E-state index in [9.17, 15) is 49.1 Å². The van der Waals surface area contributed by atoms with Crippen molar-refractivity contribution in [2.45, 2.75) is 69.7 Å². The van der Waals surface area contributed by atoms with E-state index in [-0.39, 0.29) is 11.5 Å². The number of rotatable bonds is 18. The molecule has 0 aliphatic heterocycles. The normalized spacial score (nSPS) is 13.0. The lowest BCUT2D eigenvalue weighted by molar-refractivity contribution is -0.253. The zero-order valence-electron chi connectivity index (χ0n) is 26.7. The minimum atomic E-state index is -5.06. The van der Waals surface area contributed by atoms with Crippen LogP contribution in [0, 0.1) is 11.6 Å². The number of esters is 1. The monoisotopic (exact) mass is 722 g/mol. The minimum Gasteiger partial charge on any atom is -0.494 e. The summed E-state index contributed by atoms with van der Waals surface area (Å²) in [6.45, 7) is 0.589. The number of unbranched alkanes of at least 4 members (excludes halogenated alkanes) is 3. The Labute approximate surface area is 282 Å². The molecule has 3 rings (SSSR count). The summed E-state index contributed by atoms with van der Waals surface area (Å²) in [7, 11) is 0. The Kier molecular flexibility index (Phi) is 14.2. The van der Waals surface area contributed by atoms with Crippen LogP contribution in [0.1, 0.15) is 55.7 Å². The molecule has 0 bridgehead atoms. The number of benzene rings is 3. The molecule has 7 nitrogen and oxygen atoms in total. The molecule has 0 aromatic heterocycles. The molecule has 2 amide bonds. The van der Waals surface area contributed by atoms with Crippen LogP contribution in [0.2, 0.25) is 0 Å². The van der Waals surface area contributed by atoms with Crippen molar-refractivity contribution < 1.29 is 63.3 Å². The molecule has 0 spiro atoms. The van der Waals surface area contributed by atoms with Crippen LogP contribution in [0.3, 0.4) is 0 Å². The summed E-state index contributed by atoms with van der Waals surface area (Å²) >= 11 is 0. The Balaban J connectivity index is 1.94. The topological polar surface area (TPSA) is 85.9 Å². The van der Waals surface area contributed by atoms with Gasteiger partial charge in [-0.25, -0.2) is 13.6 Å². The second-order valence-corrected chi connectivity index (χ2v) is 11.1. The number of ether oxygens (including phenoxy) is 3. The second kappa shape index (κ2) is 17.9. The van der Waals surface area contributed by atoms with E-state index in [0.29, 0.717) is 49.9 Å². The number of alkyl halides is 7. The molecule has 0 aliphatic rings. The van der Waals surface area contributed by atoms with Gasteiger partial charge in [0, 0.05) is 18.9 Å². The zero-order chi connectivity index (χ0) is 37.0. The van der Waals surface area contributed by atoms with Crippen molar-refractivity contribution in [1.29, 1.82) is 0 Å². The lowest BCUT2D eigenvalue weighted by Gasteiger charge is -2.37. The van der Waals surface area contributed by atoms with Gasteiger partial charge >= 0.3 is 30.7 Å². The predicted molar refractivity (Wildman–Crippen MR) is 163 cm³/mol. The minimum absolute atomic E-state index is 0.0403. The SMILES string of the molecule is CCOC(=O)CCCCCCOc1ccc(C[C@@](NC(=O)NCC(F)(F)F)(c2ccc(F)cc2)c2cc(F)cc(OC(F)(F)C(F)F)c2)cc1. The summed E-state index contributed by atoms with van der Waals surface area (Å²) in [6, 6.07) is 10.7. The van der Waals surface area contributed by atoms with Crippen LogP contribution in [0.5, 0.6) is 11.5 Å². The van der Waals surface area contributed by atoms with Crippen LogP contribution in [-0.2, 0) is 21.5 Å². The van der Waals surface area contributed by atoms with Crippen LogP contribution < -0.4 is 20.1 Å². The fourth-order valence-corrected chi connectivity index (χ4v) is 4.94. The molecular weight excluding hydrogens is 687 g/mol. The van der Waals surface area contributed by atoms with Crippen molar-refractivity contribution in [3.8, 4) is 11.5 Å². The van der Waals surface area contributed by atoms with Gasteiger partial charge in [0.2, 0.25) is 0 Å². The van der Waals surface area contributed by atoms with E-state index in [1.165, 1.54) is 12.1 Å². The van der Waals surface area contributed by atoms with Crippen molar-refractivity contribution in [3.05, 3.63) is 95.1 Å². The Morgan fingerprint density at radius 3 is 2.06 bits per heavy atom. The van der Waals surface area contributed by atoms with Crippen molar-refractivity contribution in [3.63, 3.8) is 0 Å². The number of amides is 2. The fraction of sp³-hybridized carbons (Fsp3) is 0.412. The molecule has 2 N–H and O–H groups in total. The molecule has 0 fully saturated rings. The third-order valence-corrected chi connectivity index (χ3v) is 7.23. The van der Waals surface area contributed by atoms with Gasteiger partial charge < -0.3 is 24.8 Å². The molecular formula is C34H35F9N2O5. The number of carbonyl (C=O) groups excluding carboxylic acids is 2. The number of urea groups is 1. The van der Waals surface area contributed by atoms with Crippen LogP contribution in [0.25, 0.3) is 0 Å².